The number of nitrogens with two attached hydrogens (primary N) is 1. The molecule has 3 N–H and O–H groups in total. The number of nitrogens with zero attached hydrogens (tertiary/aromatic N) is 3. The van der Waals surface area contributed by atoms with E-state index in [-0.39, 0.29) is 17.4 Å². The van der Waals surface area contributed by atoms with Crippen LogP contribution >= 0.6 is 11.6 Å². The van der Waals surface area contributed by atoms with Gasteiger partial charge < -0.3 is 16.0 Å². The number of nitro benzene ring substituents is 1. The Kier molecular flexibility index (Phi) is 14.6. The number of anilines is 2. The molecule has 1 heterocycles. The van der Waals surface area contributed by atoms with Crippen molar-refractivity contribution in [3.05, 3.63) is 93.0 Å². The van der Waals surface area contributed by atoms with Crippen molar-refractivity contribution >= 4 is 34.4 Å². The molecule has 0 aliphatic rings. The molecule has 0 spiro atoms. The molecule has 1 aromatic heterocycles. The minimum absolute atomic E-state index is 0.144. The minimum Gasteiger partial charge on any atom is -0.397 e. The number of nitrogens with one attached hydrogen (secondary N) is 1. The van der Waals surface area contributed by atoms with E-state index >= 15 is 0 Å². The molecule has 0 bridgehead atoms. The Morgan fingerprint density at radius 3 is 2.21 bits per heavy atom. The van der Waals surface area contributed by atoms with Gasteiger partial charge in [0.2, 0.25) is 0 Å². The average molecular weight is 544 g/mol. The van der Waals surface area contributed by atoms with Crippen molar-refractivity contribution in [3.63, 3.8) is 0 Å². The van der Waals surface area contributed by atoms with Gasteiger partial charge in [0, 0.05) is 36.4 Å². The van der Waals surface area contributed by atoms with E-state index in [2.05, 4.69) is 30.7 Å². The maximum Gasteiger partial charge on any atom is 0.269 e. The minimum atomic E-state index is -0.403. The summed E-state index contributed by atoms with van der Waals surface area (Å²) >= 11 is 5.72. The first-order valence-electron chi connectivity index (χ1n) is 12.8. The summed E-state index contributed by atoms with van der Waals surface area (Å²) in [5.74, 6) is -0.0124. The van der Waals surface area contributed by atoms with Crippen molar-refractivity contribution in [1.82, 2.24) is 4.98 Å². The van der Waals surface area contributed by atoms with E-state index in [1.54, 1.807) is 42.6 Å². The Morgan fingerprint density at radius 2 is 1.74 bits per heavy atom. The van der Waals surface area contributed by atoms with Crippen LogP contribution in [0.5, 0.6) is 0 Å². The highest BCUT2D eigenvalue weighted by Gasteiger charge is 2.12. The van der Waals surface area contributed by atoms with Crippen LogP contribution in [0.25, 0.3) is 0 Å². The topological polar surface area (TPSA) is 109 Å². The highest BCUT2D eigenvalue weighted by Crippen LogP contribution is 2.23. The zero-order valence-electron chi connectivity index (χ0n) is 22.9. The fraction of sp³-hybridized carbons (Fsp3) is 0.379. The Labute approximate surface area is 230 Å². The highest BCUT2D eigenvalue weighted by molar-refractivity contribution is 6.30. The molecule has 7 nitrogen and oxygen atoms in total. The molecule has 38 heavy (non-hydrogen) atoms. The number of aromatic nitrogens is 1. The highest BCUT2D eigenvalue weighted by atomic mass is 35.5. The van der Waals surface area contributed by atoms with Crippen LogP contribution in [0.1, 0.15) is 58.2 Å². The number of nitro groups is 1. The largest absolute Gasteiger partial charge is 0.397 e. The summed E-state index contributed by atoms with van der Waals surface area (Å²) in [5.41, 5.74) is 9.28. The first-order valence-corrected chi connectivity index (χ1v) is 13.1. The number of rotatable bonds is 9. The summed E-state index contributed by atoms with van der Waals surface area (Å²) in [7, 11) is 0. The summed E-state index contributed by atoms with van der Waals surface area (Å²) < 4.78 is 13.6. The second-order valence-electron chi connectivity index (χ2n) is 8.84. The summed E-state index contributed by atoms with van der Waals surface area (Å²) in [4.78, 5) is 15.9. The molecule has 1 atom stereocenters. The first-order chi connectivity index (χ1) is 18.0. The third-order valence-corrected chi connectivity index (χ3v) is 5.92. The maximum absolute atomic E-state index is 13.6. The van der Waals surface area contributed by atoms with Gasteiger partial charge >= 0.3 is 0 Å². The van der Waals surface area contributed by atoms with Crippen LogP contribution in [0.4, 0.5) is 21.5 Å². The number of benzene rings is 2. The molecule has 3 aromatic rings. The van der Waals surface area contributed by atoms with E-state index in [1.807, 2.05) is 13.8 Å². The van der Waals surface area contributed by atoms with Gasteiger partial charge in [-0.3, -0.25) is 15.1 Å². The molecule has 2 aromatic carbocycles. The third-order valence-electron chi connectivity index (χ3n) is 5.68. The third kappa shape index (κ3) is 10.8. The van der Waals surface area contributed by atoms with Gasteiger partial charge in [-0.25, -0.2) is 4.39 Å². The predicted octanol–water partition coefficient (Wildman–Crippen LogP) is 8.09. The lowest BCUT2D eigenvalue weighted by atomic mass is 9.99. The van der Waals surface area contributed by atoms with Crippen molar-refractivity contribution in [3.8, 4) is 0 Å². The number of aryl methyl sites for hydroxylation is 1. The first kappa shape index (κ1) is 32.5. The van der Waals surface area contributed by atoms with Crippen LogP contribution in [0.15, 0.2) is 60.8 Å². The van der Waals surface area contributed by atoms with Crippen LogP contribution in [0, 0.1) is 34.2 Å². The number of non-ortho nitro benzene ring substituents is 1. The van der Waals surface area contributed by atoms with Gasteiger partial charge in [0.25, 0.3) is 5.69 Å². The quantitative estimate of drug-likeness (QED) is 0.161. The molecule has 0 fully saturated rings. The van der Waals surface area contributed by atoms with Crippen molar-refractivity contribution in [2.75, 3.05) is 23.7 Å². The molecular formula is C29H39ClFN5O2. The van der Waals surface area contributed by atoms with E-state index in [0.29, 0.717) is 27.8 Å². The van der Waals surface area contributed by atoms with Crippen molar-refractivity contribution in [2.45, 2.75) is 53.9 Å². The fourth-order valence-electron chi connectivity index (χ4n) is 3.38. The van der Waals surface area contributed by atoms with Gasteiger partial charge in [0.15, 0.2) is 0 Å². The van der Waals surface area contributed by atoms with Crippen LogP contribution in [0.3, 0.4) is 0 Å². The molecule has 0 saturated carbocycles. The number of hydrogen-bond donors (Lipinski definition) is 2. The van der Waals surface area contributed by atoms with Crippen molar-refractivity contribution < 1.29 is 9.31 Å². The number of hydrogen-bond acceptors (Lipinski definition) is 6. The monoisotopic (exact) mass is 543 g/mol. The molecule has 206 valence electrons. The van der Waals surface area contributed by atoms with Crippen LogP contribution < -0.4 is 10.6 Å². The SMILES string of the molecule is CCC(C)C(=N)c1ncccc1N.CCCN(CCC)c1ccc(Cl)cc1F.Cc1ccc([N+](=O)[O-])cc1. The van der Waals surface area contributed by atoms with E-state index in [4.69, 9.17) is 22.7 Å². The molecule has 0 saturated heterocycles. The predicted molar refractivity (Wildman–Crippen MR) is 157 cm³/mol. The van der Waals surface area contributed by atoms with Gasteiger partial charge in [-0.05, 0) is 62.4 Å². The van der Waals surface area contributed by atoms with Gasteiger partial charge in [-0.2, -0.15) is 0 Å². The standard InChI is InChI=1S/C12H17ClFN.C10H15N3.C7H7NO2/c1-3-7-15(8-4-2)12-6-5-10(13)9-11(12)14;1-3-7(2)9(12)10-8(11)5-4-6-13-10;1-6-2-4-7(5-3-6)8(9)10/h5-6,9H,3-4,7-8H2,1-2H3;4-7,12H,3,11H2,1-2H3;2-5H,1H3. The Hall–Kier alpha value is -3.52. The summed E-state index contributed by atoms with van der Waals surface area (Å²) in [6.45, 7) is 11.9. The van der Waals surface area contributed by atoms with Gasteiger partial charge in [-0.1, -0.05) is 57.0 Å². The Bertz CT molecular complexity index is 1150. The lowest BCUT2D eigenvalue weighted by Gasteiger charge is -2.24. The Morgan fingerprint density at radius 1 is 1.13 bits per heavy atom. The molecule has 0 radical (unpaired) electrons. The fourth-order valence-corrected chi connectivity index (χ4v) is 3.54. The lowest BCUT2D eigenvalue weighted by Crippen LogP contribution is -2.25. The lowest BCUT2D eigenvalue weighted by molar-refractivity contribution is -0.384. The molecule has 0 aliphatic carbocycles. The Balaban J connectivity index is 0.000000291. The zero-order chi connectivity index (χ0) is 28.7. The van der Waals surface area contributed by atoms with E-state index < -0.39 is 4.92 Å². The second-order valence-corrected chi connectivity index (χ2v) is 9.28. The van der Waals surface area contributed by atoms with Crippen molar-refractivity contribution in [1.29, 1.82) is 5.41 Å². The summed E-state index contributed by atoms with van der Waals surface area (Å²) in [6.07, 6.45) is 4.64. The molecule has 1 unspecified atom stereocenters. The molecule has 3 rings (SSSR count). The van der Waals surface area contributed by atoms with E-state index in [0.717, 1.165) is 37.9 Å². The maximum atomic E-state index is 13.6. The smallest absolute Gasteiger partial charge is 0.269 e. The number of nitrogen functional groups attached to an aromatic ring is 1. The van der Waals surface area contributed by atoms with Gasteiger partial charge in [0.1, 0.15) is 11.5 Å². The number of pyridine rings is 1. The molecule has 0 amide bonds. The van der Waals surface area contributed by atoms with Crippen LogP contribution in [0.2, 0.25) is 5.02 Å². The molecule has 9 heteroatoms. The average Bonchev–Trinajstić information content (AvgIpc) is 2.89. The summed E-state index contributed by atoms with van der Waals surface area (Å²) in [6, 6.07) is 14.8. The summed E-state index contributed by atoms with van der Waals surface area (Å²) in [5, 5.41) is 18.4. The van der Waals surface area contributed by atoms with Crippen LogP contribution in [-0.2, 0) is 0 Å². The van der Waals surface area contributed by atoms with Gasteiger partial charge in [0.05, 0.1) is 22.0 Å². The normalized spacial score (nSPS) is 10.8. The second kappa shape index (κ2) is 17.1. The zero-order valence-corrected chi connectivity index (χ0v) is 23.6. The van der Waals surface area contributed by atoms with Gasteiger partial charge in [-0.15, -0.1) is 0 Å². The molecule has 0 aliphatic heterocycles. The molecular weight excluding hydrogens is 505 g/mol. The van der Waals surface area contributed by atoms with E-state index in [9.17, 15) is 14.5 Å². The number of halogens is 2. The van der Waals surface area contributed by atoms with Crippen molar-refractivity contribution in [2.24, 2.45) is 5.92 Å². The van der Waals surface area contributed by atoms with E-state index in [1.165, 1.54) is 18.2 Å². The van der Waals surface area contributed by atoms with Crippen LogP contribution in [-0.4, -0.2) is 28.7 Å².